The molecule has 1 N–H and O–H groups in total. The van der Waals surface area contributed by atoms with Crippen molar-refractivity contribution >= 4 is 38.1 Å². The lowest BCUT2D eigenvalue weighted by Crippen LogP contribution is -2.24. The van der Waals surface area contributed by atoms with Crippen LogP contribution in [0.3, 0.4) is 0 Å². The SMILES string of the molecule is Cc1nnc(-c2ccncc2)n(N=Cc2cc(Br)cc(Br)c2O)c1=O. The van der Waals surface area contributed by atoms with Crippen LogP contribution in [0.1, 0.15) is 11.3 Å². The van der Waals surface area contributed by atoms with E-state index in [9.17, 15) is 9.90 Å². The number of aryl methyl sites for hydroxylation is 1. The summed E-state index contributed by atoms with van der Waals surface area (Å²) >= 11 is 6.61. The normalized spacial score (nSPS) is 11.2. The Balaban J connectivity index is 2.15. The summed E-state index contributed by atoms with van der Waals surface area (Å²) in [6.07, 6.45) is 4.57. The molecule has 9 heteroatoms. The van der Waals surface area contributed by atoms with E-state index in [-0.39, 0.29) is 17.3 Å². The lowest BCUT2D eigenvalue weighted by Gasteiger charge is -2.07. The topological polar surface area (TPSA) is 93.3 Å². The van der Waals surface area contributed by atoms with Gasteiger partial charge in [-0.2, -0.15) is 9.78 Å². The van der Waals surface area contributed by atoms with Crippen LogP contribution in [0.4, 0.5) is 0 Å². The number of phenolic OH excluding ortho intramolecular Hbond substituents is 1. The van der Waals surface area contributed by atoms with Gasteiger partial charge in [0.15, 0.2) is 5.82 Å². The van der Waals surface area contributed by atoms with Gasteiger partial charge in [-0.3, -0.25) is 9.78 Å². The third-order valence-corrected chi connectivity index (χ3v) is 4.37. The van der Waals surface area contributed by atoms with Gasteiger partial charge in [-0.05, 0) is 47.1 Å². The molecule has 0 saturated carbocycles. The van der Waals surface area contributed by atoms with E-state index >= 15 is 0 Å². The van der Waals surface area contributed by atoms with E-state index < -0.39 is 5.56 Å². The number of aromatic hydroxyl groups is 1. The Bertz CT molecular complexity index is 1020. The summed E-state index contributed by atoms with van der Waals surface area (Å²) < 4.78 is 2.41. The summed E-state index contributed by atoms with van der Waals surface area (Å²) in [6.45, 7) is 1.56. The molecule has 1 aromatic carbocycles. The van der Waals surface area contributed by atoms with Gasteiger partial charge in [0.2, 0.25) is 0 Å². The van der Waals surface area contributed by atoms with Crippen molar-refractivity contribution < 1.29 is 5.11 Å². The molecular weight excluding hydrogens is 454 g/mol. The van der Waals surface area contributed by atoms with Crippen LogP contribution in [0.5, 0.6) is 5.75 Å². The zero-order valence-corrected chi connectivity index (χ0v) is 16.1. The number of halogens is 2. The van der Waals surface area contributed by atoms with Gasteiger partial charge in [0.1, 0.15) is 11.4 Å². The van der Waals surface area contributed by atoms with Gasteiger partial charge in [-0.15, -0.1) is 10.2 Å². The van der Waals surface area contributed by atoms with E-state index in [1.54, 1.807) is 43.6 Å². The molecule has 0 aliphatic rings. The summed E-state index contributed by atoms with van der Waals surface area (Å²) in [5.41, 5.74) is 0.904. The van der Waals surface area contributed by atoms with Crippen LogP contribution >= 0.6 is 31.9 Å². The second-order valence-electron chi connectivity index (χ2n) is 5.03. The maximum Gasteiger partial charge on any atom is 0.296 e. The fourth-order valence-electron chi connectivity index (χ4n) is 2.05. The summed E-state index contributed by atoms with van der Waals surface area (Å²) in [5.74, 6) is 0.298. The van der Waals surface area contributed by atoms with Gasteiger partial charge in [0.05, 0.1) is 10.7 Å². The van der Waals surface area contributed by atoms with Crippen LogP contribution in [-0.4, -0.2) is 31.2 Å². The number of hydrogen-bond acceptors (Lipinski definition) is 6. The predicted molar refractivity (Wildman–Crippen MR) is 101 cm³/mol. The third kappa shape index (κ3) is 3.67. The van der Waals surface area contributed by atoms with Crippen molar-refractivity contribution in [3.8, 4) is 17.1 Å². The van der Waals surface area contributed by atoms with Gasteiger partial charge in [-0.1, -0.05) is 15.9 Å². The highest BCUT2D eigenvalue weighted by Crippen LogP contribution is 2.30. The summed E-state index contributed by atoms with van der Waals surface area (Å²) in [6, 6.07) is 6.80. The molecule has 126 valence electrons. The Hall–Kier alpha value is -2.39. The monoisotopic (exact) mass is 463 g/mol. The van der Waals surface area contributed by atoms with Crippen molar-refractivity contribution in [1.29, 1.82) is 0 Å². The Labute approximate surface area is 159 Å². The van der Waals surface area contributed by atoms with Crippen LogP contribution in [0.25, 0.3) is 11.4 Å². The molecule has 3 aromatic rings. The second kappa shape index (κ2) is 7.24. The number of aromatic nitrogens is 4. The average molecular weight is 465 g/mol. The number of hydrogen-bond donors (Lipinski definition) is 1. The molecule has 0 amide bonds. The number of phenols is 1. The molecule has 0 aliphatic heterocycles. The summed E-state index contributed by atoms with van der Waals surface area (Å²) in [7, 11) is 0. The van der Waals surface area contributed by atoms with E-state index in [1.807, 2.05) is 0 Å². The smallest absolute Gasteiger partial charge is 0.296 e. The van der Waals surface area contributed by atoms with Crippen LogP contribution < -0.4 is 5.56 Å². The largest absolute Gasteiger partial charge is 0.506 e. The average Bonchev–Trinajstić information content (AvgIpc) is 2.60. The summed E-state index contributed by atoms with van der Waals surface area (Å²) in [5, 5.41) is 22.3. The number of benzene rings is 1. The minimum Gasteiger partial charge on any atom is -0.506 e. The quantitative estimate of drug-likeness (QED) is 0.601. The van der Waals surface area contributed by atoms with E-state index in [0.29, 0.717) is 15.6 Å². The van der Waals surface area contributed by atoms with Crippen molar-refractivity contribution in [2.45, 2.75) is 6.92 Å². The van der Waals surface area contributed by atoms with Gasteiger partial charge in [-0.25, -0.2) is 0 Å². The van der Waals surface area contributed by atoms with E-state index in [0.717, 1.165) is 9.15 Å². The van der Waals surface area contributed by atoms with Crippen molar-refractivity contribution in [2.24, 2.45) is 5.10 Å². The second-order valence-corrected chi connectivity index (χ2v) is 6.80. The Morgan fingerprint density at radius 3 is 2.64 bits per heavy atom. The first kappa shape index (κ1) is 17.4. The molecule has 2 aromatic heterocycles. The molecular formula is C16H11Br2N5O2. The van der Waals surface area contributed by atoms with E-state index in [2.05, 4.69) is 52.1 Å². The lowest BCUT2D eigenvalue weighted by atomic mass is 10.2. The molecule has 3 rings (SSSR count). The highest BCUT2D eigenvalue weighted by atomic mass is 79.9. The first-order chi connectivity index (χ1) is 12.0. The van der Waals surface area contributed by atoms with Crippen molar-refractivity contribution in [2.75, 3.05) is 0 Å². The summed E-state index contributed by atoms with van der Waals surface area (Å²) in [4.78, 5) is 16.4. The third-order valence-electron chi connectivity index (χ3n) is 3.31. The molecule has 0 unspecified atom stereocenters. The van der Waals surface area contributed by atoms with Crippen LogP contribution in [-0.2, 0) is 0 Å². The molecule has 25 heavy (non-hydrogen) atoms. The van der Waals surface area contributed by atoms with Gasteiger partial charge >= 0.3 is 0 Å². The fourth-order valence-corrected chi connectivity index (χ4v) is 3.31. The van der Waals surface area contributed by atoms with Crippen molar-refractivity contribution in [1.82, 2.24) is 19.9 Å². The number of rotatable bonds is 3. The first-order valence-electron chi connectivity index (χ1n) is 7.06. The van der Waals surface area contributed by atoms with E-state index in [4.69, 9.17) is 0 Å². The molecule has 0 bridgehead atoms. The molecule has 0 spiro atoms. The zero-order chi connectivity index (χ0) is 18.0. The number of pyridine rings is 1. The Morgan fingerprint density at radius 1 is 1.20 bits per heavy atom. The van der Waals surface area contributed by atoms with Gasteiger partial charge < -0.3 is 5.11 Å². The van der Waals surface area contributed by atoms with Crippen LogP contribution in [0.2, 0.25) is 0 Å². The van der Waals surface area contributed by atoms with Gasteiger partial charge in [0, 0.05) is 28.0 Å². The molecule has 7 nitrogen and oxygen atoms in total. The van der Waals surface area contributed by atoms with Crippen molar-refractivity contribution in [3.63, 3.8) is 0 Å². The molecule has 0 aliphatic carbocycles. The molecule has 0 saturated heterocycles. The Morgan fingerprint density at radius 2 is 1.92 bits per heavy atom. The molecule has 0 radical (unpaired) electrons. The fraction of sp³-hybridized carbons (Fsp3) is 0.0625. The molecule has 2 heterocycles. The van der Waals surface area contributed by atoms with Crippen LogP contribution in [0.15, 0.2) is 55.5 Å². The minimum absolute atomic E-state index is 0.0178. The maximum absolute atomic E-state index is 12.5. The predicted octanol–water partition coefficient (Wildman–Crippen LogP) is 3.12. The molecule has 0 atom stereocenters. The first-order valence-corrected chi connectivity index (χ1v) is 8.65. The number of nitrogens with zero attached hydrogens (tertiary/aromatic N) is 5. The zero-order valence-electron chi connectivity index (χ0n) is 12.9. The lowest BCUT2D eigenvalue weighted by molar-refractivity contribution is 0.471. The molecule has 0 fully saturated rings. The standard InChI is InChI=1S/C16H11Br2N5O2/c1-9-16(25)23(15(22-21-9)10-2-4-19-5-3-10)20-8-11-6-12(17)7-13(18)14(11)24/h2-8,24H,1H3. The Kier molecular flexibility index (Phi) is 5.05. The van der Waals surface area contributed by atoms with Gasteiger partial charge in [0.25, 0.3) is 5.56 Å². The van der Waals surface area contributed by atoms with E-state index in [1.165, 1.54) is 6.21 Å². The van der Waals surface area contributed by atoms with Crippen molar-refractivity contribution in [3.05, 3.63) is 67.2 Å². The highest BCUT2D eigenvalue weighted by Gasteiger charge is 2.11. The van der Waals surface area contributed by atoms with Crippen LogP contribution in [0, 0.1) is 6.92 Å². The minimum atomic E-state index is -0.397. The maximum atomic E-state index is 12.5. The highest BCUT2D eigenvalue weighted by molar-refractivity contribution is 9.11.